The highest BCUT2D eigenvalue weighted by molar-refractivity contribution is 6.30. The van der Waals surface area contributed by atoms with Crippen LogP contribution in [0.1, 0.15) is 5.56 Å². The SMILES string of the molecule is Cc1cc(Cl)ccc1-c1ccc2ncc(N3CCOCC3)nc2c1. The zero-order chi connectivity index (χ0) is 16.5. The number of fused-ring (bicyclic) bond motifs is 1. The van der Waals surface area contributed by atoms with Crippen molar-refractivity contribution in [2.45, 2.75) is 6.92 Å². The number of aryl methyl sites for hydroxylation is 1. The summed E-state index contributed by atoms with van der Waals surface area (Å²) in [6.45, 7) is 5.26. The highest BCUT2D eigenvalue weighted by atomic mass is 35.5. The Labute approximate surface area is 146 Å². The van der Waals surface area contributed by atoms with E-state index in [-0.39, 0.29) is 0 Å². The van der Waals surface area contributed by atoms with Crippen molar-refractivity contribution in [3.05, 3.63) is 53.2 Å². The number of nitrogens with zero attached hydrogens (tertiary/aromatic N) is 3. The van der Waals surface area contributed by atoms with E-state index in [2.05, 4.69) is 35.0 Å². The maximum Gasteiger partial charge on any atom is 0.148 e. The lowest BCUT2D eigenvalue weighted by Crippen LogP contribution is -2.36. The predicted octanol–water partition coefficient (Wildman–Crippen LogP) is 4.10. The fourth-order valence-corrected chi connectivity index (χ4v) is 3.29. The van der Waals surface area contributed by atoms with Gasteiger partial charge in [-0.05, 0) is 47.9 Å². The van der Waals surface area contributed by atoms with E-state index in [0.29, 0.717) is 0 Å². The number of hydrogen-bond donors (Lipinski definition) is 0. The number of ether oxygens (including phenoxy) is 1. The van der Waals surface area contributed by atoms with Gasteiger partial charge in [0.05, 0.1) is 30.4 Å². The molecule has 0 amide bonds. The Balaban J connectivity index is 1.75. The minimum absolute atomic E-state index is 0.740. The molecule has 4 rings (SSSR count). The fourth-order valence-electron chi connectivity index (χ4n) is 3.07. The van der Waals surface area contributed by atoms with Crippen molar-refractivity contribution < 1.29 is 4.74 Å². The zero-order valence-electron chi connectivity index (χ0n) is 13.5. The molecule has 4 nitrogen and oxygen atoms in total. The number of morpholine rings is 1. The third kappa shape index (κ3) is 2.95. The number of aromatic nitrogens is 2. The highest BCUT2D eigenvalue weighted by Crippen LogP contribution is 2.28. The second-order valence-corrected chi connectivity index (χ2v) is 6.43. The monoisotopic (exact) mass is 339 g/mol. The lowest BCUT2D eigenvalue weighted by Gasteiger charge is -2.27. The zero-order valence-corrected chi connectivity index (χ0v) is 14.3. The molecule has 0 saturated carbocycles. The van der Waals surface area contributed by atoms with Gasteiger partial charge in [-0.3, -0.25) is 4.98 Å². The highest BCUT2D eigenvalue weighted by Gasteiger charge is 2.13. The lowest BCUT2D eigenvalue weighted by molar-refractivity contribution is 0.122. The van der Waals surface area contributed by atoms with Gasteiger partial charge in [-0.2, -0.15) is 0 Å². The van der Waals surface area contributed by atoms with E-state index in [1.54, 1.807) is 0 Å². The van der Waals surface area contributed by atoms with Crippen LogP contribution in [0.15, 0.2) is 42.6 Å². The molecule has 3 aromatic rings. The Morgan fingerprint density at radius 3 is 2.67 bits per heavy atom. The van der Waals surface area contributed by atoms with Crippen LogP contribution in [-0.4, -0.2) is 36.3 Å². The molecular formula is C19H18ClN3O. The van der Waals surface area contributed by atoms with Gasteiger partial charge < -0.3 is 9.64 Å². The summed E-state index contributed by atoms with van der Waals surface area (Å²) in [4.78, 5) is 11.6. The summed E-state index contributed by atoms with van der Waals surface area (Å²) < 4.78 is 5.41. The normalized spacial score (nSPS) is 15.0. The molecule has 0 spiro atoms. The molecule has 1 aliphatic heterocycles. The van der Waals surface area contributed by atoms with Gasteiger partial charge in [0.15, 0.2) is 0 Å². The van der Waals surface area contributed by atoms with Crippen LogP contribution in [0.5, 0.6) is 0 Å². The Bertz CT molecular complexity index is 891. The molecule has 0 N–H and O–H groups in total. The van der Waals surface area contributed by atoms with Crippen molar-refractivity contribution in [3.8, 4) is 11.1 Å². The molecule has 0 radical (unpaired) electrons. The molecule has 2 heterocycles. The second-order valence-electron chi connectivity index (χ2n) is 5.99. The smallest absolute Gasteiger partial charge is 0.148 e. The van der Waals surface area contributed by atoms with Gasteiger partial charge in [0.2, 0.25) is 0 Å². The molecule has 2 aromatic carbocycles. The number of rotatable bonds is 2. The first-order chi connectivity index (χ1) is 11.7. The minimum Gasteiger partial charge on any atom is -0.378 e. The van der Waals surface area contributed by atoms with Crippen molar-refractivity contribution in [1.29, 1.82) is 0 Å². The van der Waals surface area contributed by atoms with E-state index in [1.807, 2.05) is 24.4 Å². The van der Waals surface area contributed by atoms with E-state index in [9.17, 15) is 0 Å². The first-order valence-corrected chi connectivity index (χ1v) is 8.44. The van der Waals surface area contributed by atoms with Crippen LogP contribution in [0, 0.1) is 6.92 Å². The number of anilines is 1. The quantitative estimate of drug-likeness (QED) is 0.704. The molecule has 1 aliphatic rings. The minimum atomic E-state index is 0.740. The molecule has 0 aliphatic carbocycles. The molecule has 0 unspecified atom stereocenters. The van der Waals surface area contributed by atoms with Crippen LogP contribution < -0.4 is 4.90 Å². The molecule has 1 saturated heterocycles. The molecule has 1 fully saturated rings. The summed E-state index contributed by atoms with van der Waals surface area (Å²) in [5, 5.41) is 0.756. The molecule has 5 heteroatoms. The Morgan fingerprint density at radius 1 is 1.04 bits per heavy atom. The van der Waals surface area contributed by atoms with E-state index in [4.69, 9.17) is 21.3 Å². The average Bonchev–Trinajstić information content (AvgIpc) is 2.61. The van der Waals surface area contributed by atoms with Gasteiger partial charge in [0.1, 0.15) is 5.82 Å². The largest absolute Gasteiger partial charge is 0.378 e. The van der Waals surface area contributed by atoms with E-state index >= 15 is 0 Å². The van der Waals surface area contributed by atoms with Crippen LogP contribution >= 0.6 is 11.6 Å². The Hall–Kier alpha value is -2.17. The van der Waals surface area contributed by atoms with Gasteiger partial charge in [-0.1, -0.05) is 23.7 Å². The van der Waals surface area contributed by atoms with Gasteiger partial charge in [-0.15, -0.1) is 0 Å². The Kier molecular flexibility index (Phi) is 4.08. The lowest BCUT2D eigenvalue weighted by atomic mass is 10.0. The van der Waals surface area contributed by atoms with Crippen molar-refractivity contribution in [2.24, 2.45) is 0 Å². The average molecular weight is 340 g/mol. The van der Waals surface area contributed by atoms with E-state index in [0.717, 1.165) is 59.3 Å². The summed E-state index contributed by atoms with van der Waals surface area (Å²) >= 11 is 6.07. The predicted molar refractivity (Wildman–Crippen MR) is 97.8 cm³/mol. The molecule has 1 aromatic heterocycles. The van der Waals surface area contributed by atoms with Crippen LogP contribution in [0.2, 0.25) is 5.02 Å². The summed E-state index contributed by atoms with van der Waals surface area (Å²) in [6, 6.07) is 12.2. The molecule has 24 heavy (non-hydrogen) atoms. The van der Waals surface area contributed by atoms with Crippen molar-refractivity contribution in [1.82, 2.24) is 9.97 Å². The van der Waals surface area contributed by atoms with Gasteiger partial charge >= 0.3 is 0 Å². The van der Waals surface area contributed by atoms with Gasteiger partial charge in [0, 0.05) is 18.1 Å². The summed E-state index contributed by atoms with van der Waals surface area (Å²) in [7, 11) is 0. The Morgan fingerprint density at radius 2 is 1.88 bits per heavy atom. The molecule has 0 bridgehead atoms. The number of halogens is 1. The topological polar surface area (TPSA) is 38.2 Å². The molecule has 122 valence electrons. The standard InChI is InChI=1S/C19H18ClN3O/c1-13-10-15(20)3-4-16(13)14-2-5-17-18(11-14)22-19(12-21-17)23-6-8-24-9-7-23/h2-5,10-12H,6-9H2,1H3. The number of hydrogen-bond acceptors (Lipinski definition) is 4. The molecular weight excluding hydrogens is 322 g/mol. The van der Waals surface area contributed by atoms with Crippen LogP contribution in [-0.2, 0) is 4.74 Å². The first-order valence-electron chi connectivity index (χ1n) is 8.07. The fraction of sp³-hybridized carbons (Fsp3) is 0.263. The maximum absolute atomic E-state index is 6.07. The summed E-state index contributed by atoms with van der Waals surface area (Å²) in [5.74, 6) is 0.913. The van der Waals surface area contributed by atoms with Gasteiger partial charge in [-0.25, -0.2) is 4.98 Å². The van der Waals surface area contributed by atoms with E-state index in [1.165, 1.54) is 5.56 Å². The van der Waals surface area contributed by atoms with Crippen molar-refractivity contribution >= 4 is 28.5 Å². The van der Waals surface area contributed by atoms with Crippen LogP contribution in [0.3, 0.4) is 0 Å². The van der Waals surface area contributed by atoms with E-state index < -0.39 is 0 Å². The number of benzene rings is 2. The second kappa shape index (κ2) is 6.38. The van der Waals surface area contributed by atoms with Crippen molar-refractivity contribution in [3.63, 3.8) is 0 Å². The van der Waals surface area contributed by atoms with Gasteiger partial charge in [0.25, 0.3) is 0 Å². The van der Waals surface area contributed by atoms with Crippen molar-refractivity contribution in [2.75, 3.05) is 31.2 Å². The summed E-state index contributed by atoms with van der Waals surface area (Å²) in [5.41, 5.74) is 5.26. The third-order valence-electron chi connectivity index (χ3n) is 4.36. The maximum atomic E-state index is 6.07. The van der Waals surface area contributed by atoms with Crippen LogP contribution in [0.4, 0.5) is 5.82 Å². The summed E-state index contributed by atoms with van der Waals surface area (Å²) in [6.07, 6.45) is 1.85. The molecule has 0 atom stereocenters. The first kappa shape index (κ1) is 15.4. The van der Waals surface area contributed by atoms with Crippen LogP contribution in [0.25, 0.3) is 22.2 Å². The third-order valence-corrected chi connectivity index (χ3v) is 4.60.